The molecule has 0 unspecified atom stereocenters. The first-order chi connectivity index (χ1) is 10.7. The molecule has 2 aromatic heterocycles. The molecule has 0 saturated heterocycles. The van der Waals surface area contributed by atoms with Crippen LogP contribution in [0.5, 0.6) is 0 Å². The molecule has 5 nitrogen and oxygen atoms in total. The fourth-order valence-electron chi connectivity index (χ4n) is 2.63. The van der Waals surface area contributed by atoms with Crippen molar-refractivity contribution in [2.75, 3.05) is 6.54 Å². The Kier molecular flexibility index (Phi) is 3.24. The summed E-state index contributed by atoms with van der Waals surface area (Å²) in [6.45, 7) is 3.81. The smallest absolute Gasteiger partial charge is 0.183 e. The third kappa shape index (κ3) is 2.22. The van der Waals surface area contributed by atoms with Gasteiger partial charge in [-0.25, -0.2) is 9.37 Å². The summed E-state index contributed by atoms with van der Waals surface area (Å²) in [7, 11) is 0. The van der Waals surface area contributed by atoms with Gasteiger partial charge in [0.25, 0.3) is 0 Å². The Morgan fingerprint density at radius 2 is 2.09 bits per heavy atom. The van der Waals surface area contributed by atoms with E-state index < -0.39 is 0 Å². The molecular weight excluding hydrogens is 301 g/mol. The van der Waals surface area contributed by atoms with E-state index in [2.05, 4.69) is 32.0 Å². The van der Waals surface area contributed by atoms with Crippen LogP contribution in [0.25, 0.3) is 22.1 Å². The minimum atomic E-state index is -0.242. The molecule has 0 radical (unpaired) electrons. The van der Waals surface area contributed by atoms with Crippen LogP contribution < -0.4 is 5.32 Å². The molecule has 1 aliphatic heterocycles. The van der Waals surface area contributed by atoms with Crippen LogP contribution in [0, 0.1) is 5.82 Å². The lowest BCUT2D eigenvalue weighted by Gasteiger charge is -2.21. The van der Waals surface area contributed by atoms with E-state index in [9.17, 15) is 4.39 Å². The fraction of sp³-hybridized carbons (Fsp3) is 0.267. The zero-order valence-electron chi connectivity index (χ0n) is 12.0. The van der Waals surface area contributed by atoms with E-state index in [0.717, 1.165) is 41.0 Å². The number of hydrogen-bond donors (Lipinski definition) is 1. The summed E-state index contributed by atoms with van der Waals surface area (Å²) in [6.07, 6.45) is 0. The summed E-state index contributed by atoms with van der Waals surface area (Å²) in [6, 6.07) is 6.57. The third-order valence-electron chi connectivity index (χ3n) is 3.78. The highest BCUT2D eigenvalue weighted by atomic mass is 32.1. The van der Waals surface area contributed by atoms with Gasteiger partial charge in [-0.15, -0.1) is 21.5 Å². The lowest BCUT2D eigenvalue weighted by molar-refractivity contribution is 0.439. The molecule has 7 heteroatoms. The van der Waals surface area contributed by atoms with Crippen molar-refractivity contribution in [1.82, 2.24) is 25.1 Å². The summed E-state index contributed by atoms with van der Waals surface area (Å²) in [5.41, 5.74) is 1.73. The average Bonchev–Trinajstić information content (AvgIpc) is 3.15. The van der Waals surface area contributed by atoms with Crippen molar-refractivity contribution in [1.29, 1.82) is 0 Å². The molecule has 0 saturated carbocycles. The van der Waals surface area contributed by atoms with Crippen LogP contribution in [-0.4, -0.2) is 26.3 Å². The summed E-state index contributed by atoms with van der Waals surface area (Å²) in [5, 5.41) is 14.8. The molecule has 1 atom stereocenters. The lowest BCUT2D eigenvalue weighted by atomic mass is 10.2. The number of aromatic nitrogens is 4. The molecule has 3 aromatic rings. The number of hydrogen-bond acceptors (Lipinski definition) is 5. The molecule has 112 valence electrons. The second-order valence-corrected chi connectivity index (χ2v) is 6.11. The summed E-state index contributed by atoms with van der Waals surface area (Å²) < 4.78 is 15.1. The van der Waals surface area contributed by atoms with E-state index in [1.165, 1.54) is 23.5 Å². The van der Waals surface area contributed by atoms with Crippen LogP contribution in [0.4, 0.5) is 4.39 Å². The average molecular weight is 315 g/mol. The molecule has 0 aliphatic carbocycles. The lowest BCUT2D eigenvalue weighted by Crippen LogP contribution is -2.32. The predicted molar refractivity (Wildman–Crippen MR) is 82.9 cm³/mol. The van der Waals surface area contributed by atoms with Crippen molar-refractivity contribution in [3.8, 4) is 22.1 Å². The largest absolute Gasteiger partial charge is 0.307 e. The number of fused-ring (bicyclic) bond motifs is 1. The Morgan fingerprint density at radius 3 is 2.91 bits per heavy atom. The highest BCUT2D eigenvalue weighted by Gasteiger charge is 2.23. The van der Waals surface area contributed by atoms with E-state index in [1.54, 1.807) is 12.1 Å². The quantitative estimate of drug-likeness (QED) is 0.790. The first-order valence-corrected chi connectivity index (χ1v) is 7.98. The number of nitrogens with one attached hydrogen (secondary N) is 1. The Hall–Kier alpha value is -2.12. The molecule has 0 bridgehead atoms. The number of benzene rings is 1. The maximum atomic E-state index is 13.0. The van der Waals surface area contributed by atoms with Gasteiger partial charge in [0, 0.05) is 24.0 Å². The van der Waals surface area contributed by atoms with Crippen LogP contribution in [-0.2, 0) is 6.54 Å². The van der Waals surface area contributed by atoms with E-state index >= 15 is 0 Å². The van der Waals surface area contributed by atoms with Gasteiger partial charge in [-0.1, -0.05) is 0 Å². The Balaban J connectivity index is 1.72. The van der Waals surface area contributed by atoms with Crippen molar-refractivity contribution in [2.45, 2.75) is 19.5 Å². The zero-order chi connectivity index (χ0) is 15.1. The standard InChI is InChI=1S/C15H14FN5S/c1-9-13-19-20-14(21(13)7-6-17-9)12-8-22-15(18-12)10-2-4-11(16)5-3-10/h2-5,8-9,17H,6-7H2,1H3/t9-/m1/s1. The van der Waals surface area contributed by atoms with E-state index in [0.29, 0.717) is 0 Å². The van der Waals surface area contributed by atoms with Crippen LogP contribution in [0.15, 0.2) is 29.6 Å². The van der Waals surface area contributed by atoms with Crippen molar-refractivity contribution < 1.29 is 4.39 Å². The number of halogens is 1. The van der Waals surface area contributed by atoms with Gasteiger partial charge in [0.05, 0.1) is 6.04 Å². The number of thiazole rings is 1. The molecular formula is C15H14FN5S. The molecule has 0 spiro atoms. The van der Waals surface area contributed by atoms with Crippen LogP contribution in [0.1, 0.15) is 18.8 Å². The van der Waals surface area contributed by atoms with Gasteiger partial charge >= 0.3 is 0 Å². The highest BCUT2D eigenvalue weighted by Crippen LogP contribution is 2.29. The molecule has 1 aliphatic rings. The zero-order valence-corrected chi connectivity index (χ0v) is 12.8. The SMILES string of the molecule is C[C@H]1NCCn2c(-c3csc(-c4ccc(F)cc4)n3)nnc21. The van der Waals surface area contributed by atoms with Crippen LogP contribution in [0.3, 0.4) is 0 Å². The van der Waals surface area contributed by atoms with Crippen molar-refractivity contribution >= 4 is 11.3 Å². The second-order valence-electron chi connectivity index (χ2n) is 5.25. The molecule has 4 rings (SSSR count). The summed E-state index contributed by atoms with van der Waals surface area (Å²) in [4.78, 5) is 4.64. The number of rotatable bonds is 2. The van der Waals surface area contributed by atoms with Gasteiger partial charge in [0.2, 0.25) is 0 Å². The molecule has 1 N–H and O–H groups in total. The molecule has 1 aromatic carbocycles. The summed E-state index contributed by atoms with van der Waals surface area (Å²) >= 11 is 1.53. The fourth-order valence-corrected chi connectivity index (χ4v) is 3.44. The topological polar surface area (TPSA) is 55.6 Å². The first kappa shape index (κ1) is 13.5. The van der Waals surface area contributed by atoms with Gasteiger partial charge in [-0.2, -0.15) is 0 Å². The van der Waals surface area contributed by atoms with Crippen molar-refractivity contribution in [3.63, 3.8) is 0 Å². The molecule has 22 heavy (non-hydrogen) atoms. The minimum absolute atomic E-state index is 0.199. The Bertz CT molecular complexity index is 808. The highest BCUT2D eigenvalue weighted by molar-refractivity contribution is 7.13. The van der Waals surface area contributed by atoms with Gasteiger partial charge in [0.15, 0.2) is 5.82 Å². The van der Waals surface area contributed by atoms with Gasteiger partial charge in [0.1, 0.15) is 22.3 Å². The van der Waals surface area contributed by atoms with E-state index in [4.69, 9.17) is 0 Å². The van der Waals surface area contributed by atoms with Crippen molar-refractivity contribution in [3.05, 3.63) is 41.3 Å². The maximum absolute atomic E-state index is 13.0. The van der Waals surface area contributed by atoms with E-state index in [1.807, 2.05) is 5.38 Å². The first-order valence-electron chi connectivity index (χ1n) is 7.10. The van der Waals surface area contributed by atoms with Gasteiger partial charge in [-0.3, -0.25) is 0 Å². The van der Waals surface area contributed by atoms with Crippen LogP contribution in [0.2, 0.25) is 0 Å². The normalized spacial score (nSPS) is 17.5. The monoisotopic (exact) mass is 315 g/mol. The van der Waals surface area contributed by atoms with Crippen molar-refractivity contribution in [2.24, 2.45) is 0 Å². The molecule has 0 amide bonds. The molecule has 3 heterocycles. The number of nitrogens with zero attached hydrogens (tertiary/aromatic N) is 4. The minimum Gasteiger partial charge on any atom is -0.307 e. The third-order valence-corrected chi connectivity index (χ3v) is 4.67. The summed E-state index contributed by atoms with van der Waals surface area (Å²) in [5.74, 6) is 1.50. The second kappa shape index (κ2) is 5.26. The predicted octanol–water partition coefficient (Wildman–Crippen LogP) is 2.87. The molecule has 0 fully saturated rings. The van der Waals surface area contributed by atoms with Crippen LogP contribution >= 0.6 is 11.3 Å². The van der Waals surface area contributed by atoms with Gasteiger partial charge < -0.3 is 9.88 Å². The van der Waals surface area contributed by atoms with Gasteiger partial charge in [-0.05, 0) is 31.2 Å². The maximum Gasteiger partial charge on any atom is 0.183 e. The Morgan fingerprint density at radius 1 is 1.27 bits per heavy atom. The Labute approximate surface area is 130 Å². The van der Waals surface area contributed by atoms with E-state index in [-0.39, 0.29) is 11.9 Å².